The Hall–Kier alpha value is -1.80. The van der Waals surface area contributed by atoms with Crippen LogP contribution >= 0.6 is 0 Å². The maximum Gasteiger partial charge on any atom is 0.0432 e. The highest BCUT2D eigenvalue weighted by atomic mass is 15.1. The summed E-state index contributed by atoms with van der Waals surface area (Å²) in [7, 11) is 0. The molecule has 1 heterocycles. The van der Waals surface area contributed by atoms with E-state index in [1.165, 1.54) is 22.4 Å². The van der Waals surface area contributed by atoms with Crippen molar-refractivity contribution in [2.45, 2.75) is 32.4 Å². The average molecular weight is 266 g/mol. The quantitative estimate of drug-likeness (QED) is 0.918. The molecule has 2 heteroatoms. The third-order valence-electron chi connectivity index (χ3n) is 4.25. The van der Waals surface area contributed by atoms with E-state index in [2.05, 4.69) is 60.4 Å². The molecule has 3 rings (SSSR count). The predicted octanol–water partition coefficient (Wildman–Crippen LogP) is 3.66. The normalized spacial score (nSPS) is 15.8. The number of benzene rings is 2. The van der Waals surface area contributed by atoms with Gasteiger partial charge < -0.3 is 10.6 Å². The third kappa shape index (κ3) is 2.44. The summed E-state index contributed by atoms with van der Waals surface area (Å²) in [5.41, 5.74) is 11.8. The zero-order valence-corrected chi connectivity index (χ0v) is 12.0. The Balaban J connectivity index is 1.92. The molecule has 0 saturated carbocycles. The number of fused-ring (bicyclic) bond motifs is 1. The molecule has 1 atom stereocenters. The van der Waals surface area contributed by atoms with Crippen LogP contribution in [0, 0.1) is 0 Å². The third-order valence-corrected chi connectivity index (χ3v) is 4.25. The van der Waals surface area contributed by atoms with E-state index >= 15 is 0 Å². The van der Waals surface area contributed by atoms with E-state index in [1.54, 1.807) is 0 Å². The summed E-state index contributed by atoms with van der Waals surface area (Å²) in [4.78, 5) is 2.47. The maximum absolute atomic E-state index is 6.27. The number of hydrogen-bond acceptors (Lipinski definition) is 2. The van der Waals surface area contributed by atoms with Crippen LogP contribution in [-0.2, 0) is 13.0 Å². The van der Waals surface area contributed by atoms with Gasteiger partial charge in [-0.25, -0.2) is 0 Å². The standard InChI is InChI=1S/C18H22N2/c1-2-17(19)16-9-5-6-10-18(16)20-12-11-14-7-3-4-8-15(14)13-20/h3-10,17H,2,11-13,19H2,1H3. The largest absolute Gasteiger partial charge is 0.367 e. The summed E-state index contributed by atoms with van der Waals surface area (Å²) in [5.74, 6) is 0. The van der Waals surface area contributed by atoms with Gasteiger partial charge in [-0.2, -0.15) is 0 Å². The van der Waals surface area contributed by atoms with E-state index in [0.29, 0.717) is 0 Å². The zero-order chi connectivity index (χ0) is 13.9. The first-order valence-electron chi connectivity index (χ1n) is 7.46. The molecule has 104 valence electrons. The molecule has 20 heavy (non-hydrogen) atoms. The van der Waals surface area contributed by atoms with Crippen molar-refractivity contribution >= 4 is 5.69 Å². The van der Waals surface area contributed by atoms with E-state index in [9.17, 15) is 0 Å². The van der Waals surface area contributed by atoms with Crippen molar-refractivity contribution in [1.82, 2.24) is 0 Å². The molecule has 2 N–H and O–H groups in total. The van der Waals surface area contributed by atoms with Crippen molar-refractivity contribution in [2.24, 2.45) is 5.73 Å². The molecular weight excluding hydrogens is 244 g/mol. The molecule has 0 radical (unpaired) electrons. The molecule has 0 saturated heterocycles. The fourth-order valence-corrected chi connectivity index (χ4v) is 3.01. The Bertz CT molecular complexity index is 591. The molecular formula is C18H22N2. The van der Waals surface area contributed by atoms with Gasteiger partial charge in [-0.05, 0) is 35.6 Å². The molecule has 1 aliphatic rings. The summed E-state index contributed by atoms with van der Waals surface area (Å²) in [5, 5.41) is 0. The number of para-hydroxylation sites is 1. The number of anilines is 1. The number of nitrogens with two attached hydrogens (primary N) is 1. The lowest BCUT2D eigenvalue weighted by Gasteiger charge is -2.33. The van der Waals surface area contributed by atoms with E-state index in [0.717, 1.165) is 25.9 Å². The summed E-state index contributed by atoms with van der Waals surface area (Å²) in [6.45, 7) is 4.21. The van der Waals surface area contributed by atoms with Crippen LogP contribution in [0.4, 0.5) is 5.69 Å². The molecule has 0 bridgehead atoms. The SMILES string of the molecule is CCC(N)c1ccccc1N1CCc2ccccc2C1. The van der Waals surface area contributed by atoms with Crippen molar-refractivity contribution < 1.29 is 0 Å². The number of hydrogen-bond donors (Lipinski definition) is 1. The van der Waals surface area contributed by atoms with Crippen LogP contribution in [0.3, 0.4) is 0 Å². The van der Waals surface area contributed by atoms with Gasteiger partial charge in [0.1, 0.15) is 0 Å². The summed E-state index contributed by atoms with van der Waals surface area (Å²) in [6, 6.07) is 17.5. The van der Waals surface area contributed by atoms with Crippen molar-refractivity contribution in [3.05, 3.63) is 65.2 Å². The molecule has 2 aromatic rings. The van der Waals surface area contributed by atoms with Gasteiger partial charge in [0, 0.05) is 24.8 Å². The Morgan fingerprint density at radius 1 is 1.05 bits per heavy atom. The topological polar surface area (TPSA) is 29.3 Å². The molecule has 2 aromatic carbocycles. The first-order valence-corrected chi connectivity index (χ1v) is 7.46. The molecule has 2 nitrogen and oxygen atoms in total. The van der Waals surface area contributed by atoms with Gasteiger partial charge in [-0.15, -0.1) is 0 Å². The molecule has 0 fully saturated rings. The summed E-state index contributed by atoms with van der Waals surface area (Å²) >= 11 is 0. The predicted molar refractivity (Wildman–Crippen MR) is 84.9 cm³/mol. The van der Waals surface area contributed by atoms with E-state index in [4.69, 9.17) is 5.73 Å². The van der Waals surface area contributed by atoms with Crippen molar-refractivity contribution in [2.75, 3.05) is 11.4 Å². The number of rotatable bonds is 3. The Labute approximate surface area is 121 Å². The van der Waals surface area contributed by atoms with Crippen molar-refractivity contribution in [1.29, 1.82) is 0 Å². The molecule has 0 spiro atoms. The van der Waals surface area contributed by atoms with Crippen LogP contribution in [0.25, 0.3) is 0 Å². The highest BCUT2D eigenvalue weighted by Gasteiger charge is 2.19. The fraction of sp³-hybridized carbons (Fsp3) is 0.333. The van der Waals surface area contributed by atoms with E-state index in [-0.39, 0.29) is 6.04 Å². The van der Waals surface area contributed by atoms with Crippen LogP contribution < -0.4 is 10.6 Å². The van der Waals surface area contributed by atoms with Crippen LogP contribution in [-0.4, -0.2) is 6.54 Å². The van der Waals surface area contributed by atoms with Crippen molar-refractivity contribution in [3.63, 3.8) is 0 Å². The van der Waals surface area contributed by atoms with Gasteiger partial charge in [0.05, 0.1) is 0 Å². The van der Waals surface area contributed by atoms with Crippen LogP contribution in [0.2, 0.25) is 0 Å². The lowest BCUT2D eigenvalue weighted by atomic mass is 9.97. The highest BCUT2D eigenvalue weighted by molar-refractivity contribution is 5.56. The van der Waals surface area contributed by atoms with E-state index < -0.39 is 0 Å². The van der Waals surface area contributed by atoms with Gasteiger partial charge >= 0.3 is 0 Å². The molecule has 0 amide bonds. The lowest BCUT2D eigenvalue weighted by molar-refractivity contribution is 0.677. The highest BCUT2D eigenvalue weighted by Crippen LogP contribution is 2.30. The molecule has 1 unspecified atom stereocenters. The first kappa shape index (κ1) is 13.2. The second-order valence-corrected chi connectivity index (χ2v) is 5.51. The first-order chi connectivity index (χ1) is 9.79. The zero-order valence-electron chi connectivity index (χ0n) is 12.0. The molecule has 1 aliphatic heterocycles. The van der Waals surface area contributed by atoms with Crippen molar-refractivity contribution in [3.8, 4) is 0 Å². The monoisotopic (exact) mass is 266 g/mol. The van der Waals surface area contributed by atoms with E-state index in [1.807, 2.05) is 0 Å². The summed E-state index contributed by atoms with van der Waals surface area (Å²) in [6.07, 6.45) is 2.09. The second-order valence-electron chi connectivity index (χ2n) is 5.51. The van der Waals surface area contributed by atoms with Crippen LogP contribution in [0.5, 0.6) is 0 Å². The molecule has 0 aromatic heterocycles. The number of nitrogens with zero attached hydrogens (tertiary/aromatic N) is 1. The van der Waals surface area contributed by atoms with Gasteiger partial charge in [0.25, 0.3) is 0 Å². The average Bonchev–Trinajstić information content (AvgIpc) is 2.53. The van der Waals surface area contributed by atoms with Gasteiger partial charge in [-0.1, -0.05) is 49.4 Å². The fourth-order valence-electron chi connectivity index (χ4n) is 3.01. The minimum absolute atomic E-state index is 0.128. The van der Waals surface area contributed by atoms with Gasteiger partial charge in [-0.3, -0.25) is 0 Å². The lowest BCUT2D eigenvalue weighted by Crippen LogP contribution is -2.31. The van der Waals surface area contributed by atoms with Crippen LogP contribution in [0.15, 0.2) is 48.5 Å². The minimum atomic E-state index is 0.128. The Morgan fingerprint density at radius 2 is 1.75 bits per heavy atom. The Morgan fingerprint density at radius 3 is 2.55 bits per heavy atom. The molecule has 0 aliphatic carbocycles. The summed E-state index contributed by atoms with van der Waals surface area (Å²) < 4.78 is 0. The second kappa shape index (κ2) is 5.68. The van der Waals surface area contributed by atoms with Gasteiger partial charge in [0.2, 0.25) is 0 Å². The maximum atomic E-state index is 6.27. The van der Waals surface area contributed by atoms with Gasteiger partial charge in [0.15, 0.2) is 0 Å². The minimum Gasteiger partial charge on any atom is -0.367 e. The Kier molecular flexibility index (Phi) is 3.75. The smallest absolute Gasteiger partial charge is 0.0432 e. The van der Waals surface area contributed by atoms with Crippen LogP contribution in [0.1, 0.15) is 36.1 Å².